The second-order valence-corrected chi connectivity index (χ2v) is 5.55. The second kappa shape index (κ2) is 8.54. The highest BCUT2D eigenvalue weighted by Gasteiger charge is 2.31. The van der Waals surface area contributed by atoms with Crippen LogP contribution in [0.3, 0.4) is 0 Å². The van der Waals surface area contributed by atoms with E-state index in [0.717, 1.165) is 39.0 Å². The van der Waals surface area contributed by atoms with Gasteiger partial charge in [-0.15, -0.1) is 0 Å². The maximum absolute atomic E-state index is 11.9. The lowest BCUT2D eigenvalue weighted by Crippen LogP contribution is -2.57. The first kappa shape index (κ1) is 17.3. The zero-order valence-electron chi connectivity index (χ0n) is 12.8. The Labute approximate surface area is 127 Å². The van der Waals surface area contributed by atoms with Gasteiger partial charge in [-0.2, -0.15) is 0 Å². The van der Waals surface area contributed by atoms with Crippen molar-refractivity contribution in [2.45, 2.75) is 45.7 Å². The molecule has 2 N–H and O–H groups in total. The maximum Gasteiger partial charge on any atom is 0.323 e. The molecule has 2 atom stereocenters. The Hall–Kier alpha value is -0.720. The van der Waals surface area contributed by atoms with Gasteiger partial charge in [0.05, 0.1) is 17.6 Å². The van der Waals surface area contributed by atoms with Crippen molar-refractivity contribution in [3.63, 3.8) is 0 Å². The van der Waals surface area contributed by atoms with Crippen molar-refractivity contribution in [3.05, 3.63) is 0 Å². The first-order valence-electron chi connectivity index (χ1n) is 7.49. The van der Waals surface area contributed by atoms with E-state index in [1.165, 1.54) is 0 Å². The first-order valence-corrected chi connectivity index (χ1v) is 7.89. The topological polar surface area (TPSA) is 58.8 Å². The quantitative estimate of drug-likeness (QED) is 0.559. The van der Waals surface area contributed by atoms with E-state index in [1.54, 1.807) is 0 Å². The number of esters is 1. The number of nitrogens with zero attached hydrogens (tertiary/aromatic N) is 2. The van der Waals surface area contributed by atoms with Crippen molar-refractivity contribution in [2.75, 3.05) is 32.8 Å². The van der Waals surface area contributed by atoms with Gasteiger partial charge in [-0.3, -0.25) is 14.6 Å². The number of carbonyl (C=O) groups excluding carboxylic acids is 1. The molecule has 0 saturated carbocycles. The van der Waals surface area contributed by atoms with Crippen LogP contribution in [0.5, 0.6) is 0 Å². The standard InChI is InChI=1S/C14H27N3O2S/c1-4-11(13(15)20)16-7-9-17(10-8-16)12(5-2)14(18)19-6-3/h11-12H,4-10H2,1-3H3,(H2,15,20). The van der Waals surface area contributed by atoms with Gasteiger partial charge >= 0.3 is 5.97 Å². The van der Waals surface area contributed by atoms with Gasteiger partial charge in [0.1, 0.15) is 6.04 Å². The van der Waals surface area contributed by atoms with Crippen molar-refractivity contribution in [3.8, 4) is 0 Å². The summed E-state index contributed by atoms with van der Waals surface area (Å²) in [6.45, 7) is 9.91. The Morgan fingerprint density at radius 3 is 1.90 bits per heavy atom. The van der Waals surface area contributed by atoms with Gasteiger partial charge in [-0.25, -0.2) is 0 Å². The summed E-state index contributed by atoms with van der Waals surface area (Å²) in [5, 5.41) is 0. The van der Waals surface area contributed by atoms with Crippen LogP contribution in [-0.2, 0) is 9.53 Å². The van der Waals surface area contributed by atoms with E-state index in [4.69, 9.17) is 22.7 Å². The summed E-state index contributed by atoms with van der Waals surface area (Å²) in [6.07, 6.45) is 1.72. The number of rotatable bonds is 7. The molecule has 6 heteroatoms. The van der Waals surface area contributed by atoms with Crippen LogP contribution >= 0.6 is 12.2 Å². The van der Waals surface area contributed by atoms with E-state index >= 15 is 0 Å². The lowest BCUT2D eigenvalue weighted by Gasteiger charge is -2.40. The summed E-state index contributed by atoms with van der Waals surface area (Å²) >= 11 is 5.13. The summed E-state index contributed by atoms with van der Waals surface area (Å²) in [7, 11) is 0. The van der Waals surface area contributed by atoms with Crippen LogP contribution in [0.15, 0.2) is 0 Å². The molecule has 5 nitrogen and oxygen atoms in total. The van der Waals surface area contributed by atoms with E-state index in [9.17, 15) is 4.79 Å². The average molecular weight is 301 g/mol. The SMILES string of the molecule is CCOC(=O)C(CC)N1CCN(C(CC)C(N)=S)CC1. The van der Waals surface area contributed by atoms with Crippen LogP contribution in [0.2, 0.25) is 0 Å². The van der Waals surface area contributed by atoms with E-state index in [0.29, 0.717) is 11.6 Å². The Morgan fingerprint density at radius 2 is 1.55 bits per heavy atom. The van der Waals surface area contributed by atoms with Crippen LogP contribution in [0.25, 0.3) is 0 Å². The highest BCUT2D eigenvalue weighted by atomic mass is 32.1. The third-order valence-corrected chi connectivity index (χ3v) is 4.16. The molecule has 0 amide bonds. The molecule has 0 aromatic rings. The Kier molecular flexibility index (Phi) is 7.40. The predicted molar refractivity (Wildman–Crippen MR) is 84.7 cm³/mol. The van der Waals surface area contributed by atoms with Gasteiger partial charge < -0.3 is 10.5 Å². The molecule has 2 unspecified atom stereocenters. The van der Waals surface area contributed by atoms with Gasteiger partial charge in [0, 0.05) is 26.2 Å². The molecule has 1 saturated heterocycles. The van der Waals surface area contributed by atoms with Gasteiger partial charge in [-0.05, 0) is 19.8 Å². The summed E-state index contributed by atoms with van der Waals surface area (Å²) in [4.78, 5) is 17.0. The first-order chi connectivity index (χ1) is 9.54. The Morgan fingerprint density at radius 1 is 1.10 bits per heavy atom. The molecule has 1 rings (SSSR count). The van der Waals surface area contributed by atoms with Crippen LogP contribution in [0.4, 0.5) is 0 Å². The third kappa shape index (κ3) is 4.40. The molecule has 1 fully saturated rings. The number of piperazine rings is 1. The van der Waals surface area contributed by atoms with E-state index in [2.05, 4.69) is 16.7 Å². The fourth-order valence-corrected chi connectivity index (χ4v) is 3.13. The van der Waals surface area contributed by atoms with E-state index in [-0.39, 0.29) is 18.1 Å². The van der Waals surface area contributed by atoms with Crippen LogP contribution in [-0.4, -0.2) is 65.6 Å². The Bertz CT molecular complexity index is 330. The van der Waals surface area contributed by atoms with Gasteiger partial charge in [0.25, 0.3) is 0 Å². The van der Waals surface area contributed by atoms with Crippen molar-refractivity contribution in [1.82, 2.24) is 9.80 Å². The summed E-state index contributed by atoms with van der Waals surface area (Å²) in [5.74, 6) is -0.107. The molecular weight excluding hydrogens is 274 g/mol. The fraction of sp³-hybridized carbons (Fsp3) is 0.857. The van der Waals surface area contributed by atoms with Crippen LogP contribution in [0.1, 0.15) is 33.6 Å². The minimum atomic E-state index is -0.123. The Balaban J connectivity index is 2.55. The lowest BCUT2D eigenvalue weighted by molar-refractivity contribution is -0.150. The molecule has 0 bridgehead atoms. The molecule has 0 radical (unpaired) electrons. The minimum Gasteiger partial charge on any atom is -0.465 e. The lowest BCUT2D eigenvalue weighted by atomic mass is 10.1. The number of ether oxygens (including phenoxy) is 1. The largest absolute Gasteiger partial charge is 0.465 e. The minimum absolute atomic E-state index is 0.107. The molecular formula is C14H27N3O2S. The van der Waals surface area contributed by atoms with Crippen LogP contribution in [0, 0.1) is 0 Å². The van der Waals surface area contributed by atoms with Crippen molar-refractivity contribution in [1.29, 1.82) is 0 Å². The normalized spacial score (nSPS) is 20.4. The molecule has 1 aliphatic heterocycles. The molecule has 0 aliphatic carbocycles. The zero-order chi connectivity index (χ0) is 15.1. The summed E-state index contributed by atoms with van der Waals surface area (Å²) in [6, 6.07) is 0.0526. The number of hydrogen-bond donors (Lipinski definition) is 1. The van der Waals surface area contributed by atoms with Gasteiger partial charge in [0.2, 0.25) is 0 Å². The predicted octanol–water partition coefficient (Wildman–Crippen LogP) is 1.01. The molecule has 1 heterocycles. The monoisotopic (exact) mass is 301 g/mol. The number of hydrogen-bond acceptors (Lipinski definition) is 5. The van der Waals surface area contributed by atoms with Crippen molar-refractivity contribution in [2.24, 2.45) is 5.73 Å². The maximum atomic E-state index is 11.9. The van der Waals surface area contributed by atoms with Crippen molar-refractivity contribution < 1.29 is 9.53 Å². The highest BCUT2D eigenvalue weighted by Crippen LogP contribution is 2.14. The molecule has 20 heavy (non-hydrogen) atoms. The van der Waals surface area contributed by atoms with E-state index < -0.39 is 0 Å². The fourth-order valence-electron chi connectivity index (χ4n) is 2.81. The van der Waals surface area contributed by atoms with Gasteiger partial charge in [-0.1, -0.05) is 26.1 Å². The smallest absolute Gasteiger partial charge is 0.323 e. The molecule has 0 aromatic carbocycles. The number of carbonyl (C=O) groups is 1. The van der Waals surface area contributed by atoms with Crippen LogP contribution < -0.4 is 5.73 Å². The second-order valence-electron chi connectivity index (χ2n) is 5.07. The highest BCUT2D eigenvalue weighted by molar-refractivity contribution is 7.80. The van der Waals surface area contributed by atoms with Gasteiger partial charge in [0.15, 0.2) is 0 Å². The van der Waals surface area contributed by atoms with E-state index in [1.807, 2.05) is 13.8 Å². The third-order valence-electron chi connectivity index (χ3n) is 3.89. The summed E-state index contributed by atoms with van der Waals surface area (Å²) in [5.41, 5.74) is 5.79. The number of thiocarbonyl (C=S) groups is 1. The molecule has 0 aromatic heterocycles. The average Bonchev–Trinajstić information content (AvgIpc) is 2.42. The molecule has 0 spiro atoms. The summed E-state index contributed by atoms with van der Waals surface area (Å²) < 4.78 is 5.15. The zero-order valence-corrected chi connectivity index (χ0v) is 13.6. The number of nitrogens with two attached hydrogens (primary N) is 1. The van der Waals surface area contributed by atoms with Crippen molar-refractivity contribution >= 4 is 23.2 Å². The molecule has 116 valence electrons. The molecule has 1 aliphatic rings.